The minimum atomic E-state index is -1.82. The first-order valence-electron chi connectivity index (χ1n) is 12.3. The molecular formula is C28H27NO8. The van der Waals surface area contributed by atoms with Crippen molar-refractivity contribution in [2.45, 2.75) is 57.6 Å². The average Bonchev–Trinajstić information content (AvgIpc) is 3.47. The molecule has 6 rings (SSSR count). The van der Waals surface area contributed by atoms with Crippen molar-refractivity contribution in [3.63, 3.8) is 0 Å². The molecule has 2 aromatic carbocycles. The normalized spacial score (nSPS) is 36.1. The van der Waals surface area contributed by atoms with Gasteiger partial charge in [0.05, 0.1) is 17.6 Å². The number of ether oxygens (including phenoxy) is 3. The van der Waals surface area contributed by atoms with Gasteiger partial charge in [0.2, 0.25) is 0 Å². The highest BCUT2D eigenvalue weighted by molar-refractivity contribution is 6.07. The lowest BCUT2D eigenvalue weighted by Crippen LogP contribution is -2.66. The molecule has 2 aromatic rings. The summed E-state index contributed by atoms with van der Waals surface area (Å²) < 4.78 is 17.5. The fourth-order valence-corrected chi connectivity index (χ4v) is 7.12. The van der Waals surface area contributed by atoms with Gasteiger partial charge in [0.25, 0.3) is 5.91 Å². The largest absolute Gasteiger partial charge is 0.461 e. The second kappa shape index (κ2) is 7.41. The van der Waals surface area contributed by atoms with E-state index >= 15 is 0 Å². The van der Waals surface area contributed by atoms with Crippen molar-refractivity contribution in [3.8, 4) is 0 Å². The molecule has 4 aliphatic rings. The smallest absolute Gasteiger partial charge is 0.338 e. The Labute approximate surface area is 213 Å². The molecule has 1 saturated carbocycles. The van der Waals surface area contributed by atoms with Crippen LogP contribution in [0.15, 0.2) is 60.7 Å². The van der Waals surface area contributed by atoms with E-state index in [2.05, 4.69) is 0 Å². The zero-order chi connectivity index (χ0) is 26.4. The van der Waals surface area contributed by atoms with E-state index in [0.717, 1.165) is 0 Å². The monoisotopic (exact) mass is 505 g/mol. The highest BCUT2D eigenvalue weighted by Gasteiger charge is 2.93. The van der Waals surface area contributed by atoms with Gasteiger partial charge in [-0.15, -0.1) is 0 Å². The molecule has 0 bridgehead atoms. The number of para-hydroxylation sites is 1. The van der Waals surface area contributed by atoms with Crippen molar-refractivity contribution in [2.75, 3.05) is 4.90 Å². The summed E-state index contributed by atoms with van der Waals surface area (Å²) in [5, 5.41) is 12.6. The molecule has 9 nitrogen and oxygen atoms in total. The number of nitrogens with zero attached hydrogens (tertiary/aromatic N) is 1. The van der Waals surface area contributed by atoms with Crippen LogP contribution in [0.5, 0.6) is 0 Å². The number of carbonyl (C=O) groups excluding carboxylic acids is 4. The van der Waals surface area contributed by atoms with Gasteiger partial charge in [0.15, 0.2) is 12.3 Å². The molecule has 2 spiro atoms. The second-order valence-corrected chi connectivity index (χ2v) is 11.3. The van der Waals surface area contributed by atoms with Crippen LogP contribution in [0.1, 0.15) is 44.0 Å². The molecule has 3 heterocycles. The summed E-state index contributed by atoms with van der Waals surface area (Å²) in [4.78, 5) is 55.3. The first kappa shape index (κ1) is 23.7. The van der Waals surface area contributed by atoms with Gasteiger partial charge in [-0.1, -0.05) is 57.2 Å². The molecule has 0 radical (unpaired) electrons. The van der Waals surface area contributed by atoms with Crippen LogP contribution in [-0.4, -0.2) is 53.0 Å². The number of anilines is 1. The quantitative estimate of drug-likeness (QED) is 0.500. The maximum absolute atomic E-state index is 14.2. The van der Waals surface area contributed by atoms with Crippen LogP contribution < -0.4 is 4.90 Å². The van der Waals surface area contributed by atoms with Gasteiger partial charge in [-0.05, 0) is 29.7 Å². The summed E-state index contributed by atoms with van der Waals surface area (Å²) >= 11 is 0. The number of hydrogen-bond acceptors (Lipinski definition) is 8. The van der Waals surface area contributed by atoms with Gasteiger partial charge >= 0.3 is 17.9 Å². The number of aliphatic hydroxyl groups is 1. The average molecular weight is 506 g/mol. The third-order valence-electron chi connectivity index (χ3n) is 8.74. The molecule has 1 amide bonds. The number of benzene rings is 2. The number of amides is 1. The van der Waals surface area contributed by atoms with Crippen molar-refractivity contribution < 1.29 is 38.5 Å². The van der Waals surface area contributed by atoms with Crippen LogP contribution in [0.4, 0.5) is 5.69 Å². The third-order valence-corrected chi connectivity index (χ3v) is 8.74. The molecule has 1 aliphatic carbocycles. The topological polar surface area (TPSA) is 119 Å². The first-order valence-corrected chi connectivity index (χ1v) is 12.3. The van der Waals surface area contributed by atoms with Crippen LogP contribution in [0, 0.1) is 16.2 Å². The number of hydrogen-bond donors (Lipinski definition) is 1. The van der Waals surface area contributed by atoms with E-state index in [0.29, 0.717) is 5.69 Å². The third kappa shape index (κ3) is 2.67. The van der Waals surface area contributed by atoms with Gasteiger partial charge in [0.1, 0.15) is 16.9 Å². The lowest BCUT2D eigenvalue weighted by molar-refractivity contribution is -0.204. The Morgan fingerprint density at radius 3 is 2.24 bits per heavy atom. The van der Waals surface area contributed by atoms with Crippen molar-refractivity contribution in [1.82, 2.24) is 0 Å². The Morgan fingerprint density at radius 2 is 1.62 bits per heavy atom. The summed E-state index contributed by atoms with van der Waals surface area (Å²) in [6.07, 6.45) is -4.49. The predicted molar refractivity (Wildman–Crippen MR) is 128 cm³/mol. The summed E-state index contributed by atoms with van der Waals surface area (Å²) in [6.45, 7) is 5.34. The Hall–Kier alpha value is -3.72. The minimum absolute atomic E-state index is 0.108. The summed E-state index contributed by atoms with van der Waals surface area (Å²) in [7, 11) is 0. The molecule has 37 heavy (non-hydrogen) atoms. The molecule has 1 unspecified atom stereocenters. The van der Waals surface area contributed by atoms with Gasteiger partial charge < -0.3 is 19.3 Å². The predicted octanol–water partition coefficient (Wildman–Crippen LogP) is 2.61. The molecule has 6 atom stereocenters. The van der Waals surface area contributed by atoms with E-state index in [1.54, 1.807) is 81.4 Å². The SMILES string of the molecule is CC(C)(C)[C@]1(O)C[C@@H]2OC(=O)C[C@@]23C(=O)O[C@@H]2N(c4ccccc4)C(=O)[C@H](OC(=O)c4ccccc4)C213. The van der Waals surface area contributed by atoms with E-state index in [-0.39, 0.29) is 18.4 Å². The van der Waals surface area contributed by atoms with E-state index in [1.807, 2.05) is 0 Å². The van der Waals surface area contributed by atoms with Crippen LogP contribution in [0.3, 0.4) is 0 Å². The van der Waals surface area contributed by atoms with Crippen LogP contribution in [0.25, 0.3) is 0 Å². The van der Waals surface area contributed by atoms with Crippen LogP contribution in [0.2, 0.25) is 0 Å². The lowest BCUT2D eigenvalue weighted by Gasteiger charge is -2.51. The fraction of sp³-hybridized carbons (Fsp3) is 0.429. The number of esters is 3. The lowest BCUT2D eigenvalue weighted by atomic mass is 9.52. The zero-order valence-electron chi connectivity index (χ0n) is 20.7. The van der Waals surface area contributed by atoms with Crippen molar-refractivity contribution in [3.05, 3.63) is 66.2 Å². The highest BCUT2D eigenvalue weighted by atomic mass is 16.6. The summed E-state index contributed by atoms with van der Waals surface area (Å²) in [5.74, 6) is -2.81. The molecular weight excluding hydrogens is 478 g/mol. The van der Waals surface area contributed by atoms with Gasteiger partial charge in [-0.3, -0.25) is 19.3 Å². The summed E-state index contributed by atoms with van der Waals surface area (Å²) in [6, 6.07) is 16.7. The van der Waals surface area contributed by atoms with E-state index < -0.39 is 64.1 Å². The van der Waals surface area contributed by atoms with Gasteiger partial charge in [-0.2, -0.15) is 0 Å². The van der Waals surface area contributed by atoms with Crippen LogP contribution >= 0.6 is 0 Å². The molecule has 0 aromatic heterocycles. The molecule has 4 fully saturated rings. The molecule has 9 heteroatoms. The van der Waals surface area contributed by atoms with E-state index in [9.17, 15) is 24.3 Å². The van der Waals surface area contributed by atoms with Crippen molar-refractivity contribution >= 4 is 29.5 Å². The standard InChI is InChI=1S/C28H27NO8/c1-25(2,3)27(34)14-18-26(15-19(30)35-18)24(33)37-23-28(26,27)20(36-22(32)16-10-6-4-7-11-16)21(31)29(23)17-12-8-5-9-13-17/h4-13,18,20,23,34H,14-15H2,1-3H3/t18-,20-,23-,26-,27+,28?/m0/s1. The molecule has 1 N–H and O–H groups in total. The maximum atomic E-state index is 14.2. The number of carbonyl (C=O) groups is 4. The Balaban J connectivity index is 1.62. The Morgan fingerprint density at radius 1 is 1.00 bits per heavy atom. The number of rotatable bonds is 3. The second-order valence-electron chi connectivity index (χ2n) is 11.3. The fourth-order valence-electron chi connectivity index (χ4n) is 7.12. The molecule has 3 saturated heterocycles. The zero-order valence-corrected chi connectivity index (χ0v) is 20.7. The Kier molecular flexibility index (Phi) is 4.74. The van der Waals surface area contributed by atoms with E-state index in [1.165, 1.54) is 4.90 Å². The molecule has 192 valence electrons. The maximum Gasteiger partial charge on any atom is 0.338 e. The minimum Gasteiger partial charge on any atom is -0.461 e. The van der Waals surface area contributed by atoms with E-state index in [4.69, 9.17) is 14.2 Å². The summed E-state index contributed by atoms with van der Waals surface area (Å²) in [5.41, 5.74) is -5.66. The first-order chi connectivity index (χ1) is 17.5. The highest BCUT2D eigenvalue weighted by Crippen LogP contribution is 2.76. The van der Waals surface area contributed by atoms with Crippen LogP contribution in [-0.2, 0) is 28.6 Å². The molecule has 3 aliphatic heterocycles. The van der Waals surface area contributed by atoms with Crippen molar-refractivity contribution in [1.29, 1.82) is 0 Å². The van der Waals surface area contributed by atoms with Gasteiger partial charge in [0, 0.05) is 12.1 Å². The van der Waals surface area contributed by atoms with Gasteiger partial charge in [-0.25, -0.2) is 4.79 Å². The Bertz CT molecular complexity index is 1320. The van der Waals surface area contributed by atoms with Crippen molar-refractivity contribution in [2.24, 2.45) is 16.2 Å².